The summed E-state index contributed by atoms with van der Waals surface area (Å²) < 4.78 is 17.1. The molecular weight excluding hydrogens is 416 g/mol. The van der Waals surface area contributed by atoms with Crippen LogP contribution in [0.2, 0.25) is 0 Å². The van der Waals surface area contributed by atoms with Crippen molar-refractivity contribution in [3.05, 3.63) is 84.0 Å². The van der Waals surface area contributed by atoms with Gasteiger partial charge in [-0.3, -0.25) is 5.43 Å². The van der Waals surface area contributed by atoms with Crippen LogP contribution in [0.4, 0.5) is 5.82 Å². The summed E-state index contributed by atoms with van der Waals surface area (Å²) in [6, 6.07) is 21.4. The molecule has 0 aliphatic heterocycles. The molecule has 1 N–H and O–H groups in total. The molecule has 0 amide bonds. The molecule has 7 nitrogen and oxygen atoms in total. The van der Waals surface area contributed by atoms with Crippen molar-refractivity contribution in [3.8, 4) is 22.8 Å². The summed E-state index contributed by atoms with van der Waals surface area (Å²) in [6.45, 7) is 2.04. The molecule has 5 rings (SSSR count). The summed E-state index contributed by atoms with van der Waals surface area (Å²) in [6.07, 6.45) is 1.53. The number of para-hydroxylation sites is 1. The highest BCUT2D eigenvalue weighted by molar-refractivity contribution is 5.88. The van der Waals surface area contributed by atoms with Crippen LogP contribution in [-0.4, -0.2) is 24.2 Å². The normalized spacial score (nSPS) is 11.7. The SMILES string of the molecule is COc1ccc(-c2cc(=NNc3ncnc4ccccc34)c3cc(C)ccc3o2)cc1OC. The van der Waals surface area contributed by atoms with E-state index in [1.807, 2.05) is 67.6 Å². The van der Waals surface area contributed by atoms with E-state index in [9.17, 15) is 0 Å². The Balaban J connectivity index is 1.67. The summed E-state index contributed by atoms with van der Waals surface area (Å²) in [4.78, 5) is 8.68. The summed E-state index contributed by atoms with van der Waals surface area (Å²) >= 11 is 0. The lowest BCUT2D eigenvalue weighted by Gasteiger charge is -2.10. The van der Waals surface area contributed by atoms with Gasteiger partial charge in [0.15, 0.2) is 17.3 Å². The van der Waals surface area contributed by atoms with E-state index in [0.717, 1.165) is 38.4 Å². The maximum absolute atomic E-state index is 6.23. The third-order valence-electron chi connectivity index (χ3n) is 5.39. The number of nitrogens with one attached hydrogen (secondary N) is 1. The van der Waals surface area contributed by atoms with E-state index < -0.39 is 0 Å². The van der Waals surface area contributed by atoms with Gasteiger partial charge in [0.1, 0.15) is 17.7 Å². The Kier molecular flexibility index (Phi) is 5.36. The average molecular weight is 438 g/mol. The van der Waals surface area contributed by atoms with Crippen molar-refractivity contribution in [2.24, 2.45) is 5.10 Å². The largest absolute Gasteiger partial charge is 0.493 e. The number of hydrogen-bond donors (Lipinski definition) is 1. The summed E-state index contributed by atoms with van der Waals surface area (Å²) in [7, 11) is 3.22. The van der Waals surface area contributed by atoms with Gasteiger partial charge in [-0.2, -0.15) is 5.10 Å². The number of fused-ring (bicyclic) bond motifs is 2. The van der Waals surface area contributed by atoms with E-state index in [1.54, 1.807) is 14.2 Å². The first-order chi connectivity index (χ1) is 16.2. The minimum Gasteiger partial charge on any atom is -0.493 e. The molecule has 0 aliphatic carbocycles. The van der Waals surface area contributed by atoms with Crippen LogP contribution in [-0.2, 0) is 0 Å². The summed E-state index contributed by atoms with van der Waals surface area (Å²) in [5.41, 5.74) is 6.65. The standard InChI is InChI=1S/C26H22N4O3/c1-16-8-10-22-19(12-16)21(29-30-26-18-6-4-5-7-20(18)27-15-28-26)14-24(33-22)17-9-11-23(31-2)25(13-17)32-3/h4-15H,1-3H3,(H,27,28,30). The molecule has 0 saturated carbocycles. The van der Waals surface area contributed by atoms with E-state index >= 15 is 0 Å². The van der Waals surface area contributed by atoms with Gasteiger partial charge in [0, 0.05) is 22.4 Å². The highest BCUT2D eigenvalue weighted by Crippen LogP contribution is 2.32. The lowest BCUT2D eigenvalue weighted by atomic mass is 10.1. The van der Waals surface area contributed by atoms with Gasteiger partial charge in [-0.15, -0.1) is 0 Å². The third kappa shape index (κ3) is 3.96. The van der Waals surface area contributed by atoms with E-state index in [4.69, 9.17) is 19.0 Å². The molecule has 2 aromatic heterocycles. The number of benzene rings is 3. The Morgan fingerprint density at radius 1 is 0.848 bits per heavy atom. The quantitative estimate of drug-likeness (QED) is 0.375. The molecule has 0 aliphatic rings. The highest BCUT2D eigenvalue weighted by atomic mass is 16.5. The number of anilines is 1. The zero-order chi connectivity index (χ0) is 22.8. The van der Waals surface area contributed by atoms with Crippen molar-refractivity contribution in [3.63, 3.8) is 0 Å². The number of aryl methyl sites for hydroxylation is 1. The maximum Gasteiger partial charge on any atom is 0.161 e. The summed E-state index contributed by atoms with van der Waals surface area (Å²) in [5.74, 6) is 2.56. The first-order valence-electron chi connectivity index (χ1n) is 10.4. The van der Waals surface area contributed by atoms with Gasteiger partial charge in [0.25, 0.3) is 0 Å². The molecule has 0 bridgehead atoms. The van der Waals surface area contributed by atoms with Gasteiger partial charge >= 0.3 is 0 Å². The highest BCUT2D eigenvalue weighted by Gasteiger charge is 2.11. The minimum absolute atomic E-state index is 0.623. The Morgan fingerprint density at radius 2 is 1.70 bits per heavy atom. The number of ether oxygens (including phenoxy) is 2. The second-order valence-corrected chi connectivity index (χ2v) is 7.53. The lowest BCUT2D eigenvalue weighted by Crippen LogP contribution is -2.08. The molecule has 0 spiro atoms. The molecule has 0 atom stereocenters. The first kappa shape index (κ1) is 20.5. The number of rotatable bonds is 5. The first-order valence-corrected chi connectivity index (χ1v) is 10.4. The summed E-state index contributed by atoms with van der Waals surface area (Å²) in [5, 5.41) is 7.22. The van der Waals surface area contributed by atoms with Crippen molar-refractivity contribution in [2.75, 3.05) is 19.6 Å². The van der Waals surface area contributed by atoms with Crippen LogP contribution in [0, 0.1) is 6.92 Å². The van der Waals surface area contributed by atoms with E-state index in [2.05, 4.69) is 21.5 Å². The Hall–Kier alpha value is -4.39. The zero-order valence-electron chi connectivity index (χ0n) is 18.5. The van der Waals surface area contributed by atoms with Crippen LogP contribution in [0.3, 0.4) is 0 Å². The smallest absolute Gasteiger partial charge is 0.161 e. The molecule has 0 unspecified atom stereocenters. The van der Waals surface area contributed by atoms with Gasteiger partial charge in [-0.25, -0.2) is 9.97 Å². The average Bonchev–Trinajstić information content (AvgIpc) is 2.86. The van der Waals surface area contributed by atoms with Crippen LogP contribution in [0.5, 0.6) is 11.5 Å². The van der Waals surface area contributed by atoms with E-state index in [0.29, 0.717) is 23.1 Å². The molecule has 7 heteroatoms. The van der Waals surface area contributed by atoms with Crippen LogP contribution >= 0.6 is 0 Å². The topological polar surface area (TPSA) is 81.8 Å². The Morgan fingerprint density at radius 3 is 2.55 bits per heavy atom. The van der Waals surface area contributed by atoms with Crippen molar-refractivity contribution >= 4 is 27.7 Å². The molecule has 3 aromatic carbocycles. The van der Waals surface area contributed by atoms with Crippen molar-refractivity contribution < 1.29 is 13.9 Å². The monoisotopic (exact) mass is 438 g/mol. The number of methoxy groups -OCH3 is 2. The van der Waals surface area contributed by atoms with E-state index in [-0.39, 0.29) is 0 Å². The fourth-order valence-electron chi connectivity index (χ4n) is 3.71. The molecule has 0 saturated heterocycles. The predicted molar refractivity (Wildman–Crippen MR) is 128 cm³/mol. The molecule has 0 fully saturated rings. The Labute approximate surface area is 190 Å². The molecule has 2 heterocycles. The van der Waals surface area contributed by atoms with Crippen molar-refractivity contribution in [2.45, 2.75) is 6.92 Å². The third-order valence-corrected chi connectivity index (χ3v) is 5.39. The number of aromatic nitrogens is 2. The fourth-order valence-corrected chi connectivity index (χ4v) is 3.71. The molecule has 5 aromatic rings. The van der Waals surface area contributed by atoms with Crippen molar-refractivity contribution in [1.29, 1.82) is 0 Å². The Bertz CT molecular complexity index is 1540. The van der Waals surface area contributed by atoms with Crippen LogP contribution in [0.1, 0.15) is 5.56 Å². The van der Waals surface area contributed by atoms with Crippen molar-refractivity contribution in [1.82, 2.24) is 9.97 Å². The van der Waals surface area contributed by atoms with E-state index in [1.165, 1.54) is 6.33 Å². The maximum atomic E-state index is 6.23. The van der Waals surface area contributed by atoms with Crippen LogP contribution in [0.15, 0.2) is 82.6 Å². The van der Waals surface area contributed by atoms with Crippen LogP contribution in [0.25, 0.3) is 33.2 Å². The van der Waals surface area contributed by atoms with Gasteiger partial charge < -0.3 is 13.9 Å². The molecule has 164 valence electrons. The zero-order valence-corrected chi connectivity index (χ0v) is 18.5. The van der Waals surface area contributed by atoms with Gasteiger partial charge in [0.05, 0.1) is 25.1 Å². The minimum atomic E-state index is 0.623. The molecular formula is C26H22N4O3. The molecule has 0 radical (unpaired) electrons. The number of hydrogen-bond acceptors (Lipinski definition) is 7. The van der Waals surface area contributed by atoms with Gasteiger partial charge in [-0.05, 0) is 49.4 Å². The number of nitrogens with zero attached hydrogens (tertiary/aromatic N) is 3. The lowest BCUT2D eigenvalue weighted by molar-refractivity contribution is 0.355. The fraction of sp³-hybridized carbons (Fsp3) is 0.115. The van der Waals surface area contributed by atoms with Gasteiger partial charge in [0.2, 0.25) is 0 Å². The second kappa shape index (κ2) is 8.63. The molecule has 33 heavy (non-hydrogen) atoms. The second-order valence-electron chi connectivity index (χ2n) is 7.53. The predicted octanol–water partition coefficient (Wildman–Crippen LogP) is 5.30. The van der Waals surface area contributed by atoms with Crippen LogP contribution < -0.4 is 20.3 Å². The van der Waals surface area contributed by atoms with Gasteiger partial charge in [-0.1, -0.05) is 23.8 Å².